The molecule has 0 spiro atoms. The zero-order valence-electron chi connectivity index (χ0n) is 17.1. The summed E-state index contributed by atoms with van der Waals surface area (Å²) in [5.41, 5.74) is 1.70. The average Bonchev–Trinajstić information content (AvgIpc) is 3.07. The van der Waals surface area contributed by atoms with Gasteiger partial charge in [-0.2, -0.15) is 0 Å². The molecule has 0 saturated carbocycles. The number of rotatable bonds is 7. The van der Waals surface area contributed by atoms with Crippen LogP contribution in [0.5, 0.6) is 5.75 Å². The normalized spacial score (nSPS) is 16.2. The molecule has 0 atom stereocenters. The van der Waals surface area contributed by atoms with E-state index in [0.29, 0.717) is 38.9 Å². The molecule has 0 unspecified atom stereocenters. The smallest absolute Gasteiger partial charge is 0.222 e. The van der Waals surface area contributed by atoms with Crippen molar-refractivity contribution in [3.05, 3.63) is 47.5 Å². The van der Waals surface area contributed by atoms with Crippen LogP contribution >= 0.6 is 0 Å². The van der Waals surface area contributed by atoms with Gasteiger partial charge in [-0.05, 0) is 62.8 Å². The molecule has 152 valence electrons. The molecule has 1 aromatic carbocycles. The third-order valence-electron chi connectivity index (χ3n) is 5.82. The summed E-state index contributed by atoms with van der Waals surface area (Å²) >= 11 is 0. The molecule has 0 radical (unpaired) electrons. The molecule has 3 rings (SSSR count). The molecule has 1 amide bonds. The fourth-order valence-corrected chi connectivity index (χ4v) is 3.88. The number of imidazole rings is 1. The molecule has 28 heavy (non-hydrogen) atoms. The number of aliphatic hydroxyl groups is 1. The average molecular weight is 386 g/mol. The number of amides is 1. The molecule has 1 saturated heterocycles. The van der Waals surface area contributed by atoms with Gasteiger partial charge in [0.25, 0.3) is 0 Å². The van der Waals surface area contributed by atoms with Crippen molar-refractivity contribution in [3.63, 3.8) is 0 Å². The number of nitrogens with zero attached hydrogens (tertiary/aromatic N) is 3. The number of likely N-dealkylation sites (tertiary alicyclic amines) is 1. The minimum Gasteiger partial charge on any atom is -0.497 e. The van der Waals surface area contributed by atoms with Crippen LogP contribution in [-0.4, -0.2) is 51.3 Å². The van der Waals surface area contributed by atoms with E-state index >= 15 is 0 Å². The van der Waals surface area contributed by atoms with E-state index in [9.17, 15) is 9.90 Å². The van der Waals surface area contributed by atoms with E-state index in [0.717, 1.165) is 24.4 Å². The highest BCUT2D eigenvalue weighted by molar-refractivity contribution is 5.76. The van der Waals surface area contributed by atoms with Crippen LogP contribution in [0.4, 0.5) is 0 Å². The molecule has 2 heterocycles. The van der Waals surface area contributed by atoms with Crippen molar-refractivity contribution in [2.75, 3.05) is 20.2 Å². The first kappa shape index (κ1) is 20.4. The monoisotopic (exact) mass is 385 g/mol. The summed E-state index contributed by atoms with van der Waals surface area (Å²) in [7, 11) is 1.67. The number of piperidine rings is 1. The second-order valence-corrected chi connectivity index (χ2v) is 7.85. The number of hydrogen-bond donors (Lipinski definition) is 1. The van der Waals surface area contributed by atoms with E-state index in [2.05, 4.69) is 18.0 Å². The molecule has 6 nitrogen and oxygen atoms in total. The highest BCUT2D eigenvalue weighted by atomic mass is 16.5. The van der Waals surface area contributed by atoms with Crippen molar-refractivity contribution in [2.45, 2.75) is 58.1 Å². The first-order valence-electron chi connectivity index (χ1n) is 10.0. The van der Waals surface area contributed by atoms with Crippen molar-refractivity contribution >= 4 is 5.91 Å². The van der Waals surface area contributed by atoms with Gasteiger partial charge in [0.1, 0.15) is 11.6 Å². The van der Waals surface area contributed by atoms with Crippen molar-refractivity contribution in [2.24, 2.45) is 0 Å². The van der Waals surface area contributed by atoms with Crippen LogP contribution in [0, 0.1) is 13.8 Å². The SMILES string of the molecule is COc1ccc(CCCC(=O)N2CCC(O)(Cn3ccnc3C)CC2)c(C)c1. The predicted octanol–water partition coefficient (Wildman–Crippen LogP) is 2.88. The Kier molecular flexibility index (Phi) is 6.39. The second-order valence-electron chi connectivity index (χ2n) is 7.85. The Labute approximate surface area is 167 Å². The van der Waals surface area contributed by atoms with Crippen molar-refractivity contribution in [3.8, 4) is 5.75 Å². The highest BCUT2D eigenvalue weighted by Crippen LogP contribution is 2.25. The predicted molar refractivity (Wildman–Crippen MR) is 108 cm³/mol. The number of ether oxygens (including phenoxy) is 1. The lowest BCUT2D eigenvalue weighted by atomic mass is 9.91. The summed E-state index contributed by atoms with van der Waals surface area (Å²) < 4.78 is 7.22. The van der Waals surface area contributed by atoms with Crippen LogP contribution in [0.3, 0.4) is 0 Å². The van der Waals surface area contributed by atoms with E-state index in [4.69, 9.17) is 4.74 Å². The first-order chi connectivity index (χ1) is 13.4. The Morgan fingerprint density at radius 2 is 2.04 bits per heavy atom. The molecular weight excluding hydrogens is 354 g/mol. The molecule has 0 aliphatic carbocycles. The first-order valence-corrected chi connectivity index (χ1v) is 10.0. The maximum absolute atomic E-state index is 12.6. The summed E-state index contributed by atoms with van der Waals surface area (Å²) in [6.07, 6.45) is 7.13. The lowest BCUT2D eigenvalue weighted by Crippen LogP contribution is -2.48. The minimum atomic E-state index is -0.761. The summed E-state index contributed by atoms with van der Waals surface area (Å²) in [6, 6.07) is 6.08. The maximum Gasteiger partial charge on any atom is 0.222 e. The van der Waals surface area contributed by atoms with Gasteiger partial charge in [0.2, 0.25) is 5.91 Å². The van der Waals surface area contributed by atoms with E-state index in [1.54, 1.807) is 13.3 Å². The van der Waals surface area contributed by atoms with E-state index in [-0.39, 0.29) is 5.91 Å². The van der Waals surface area contributed by atoms with E-state index < -0.39 is 5.60 Å². The Balaban J connectivity index is 1.44. The van der Waals surface area contributed by atoms with Crippen molar-refractivity contribution < 1.29 is 14.6 Å². The zero-order chi connectivity index (χ0) is 20.1. The van der Waals surface area contributed by atoms with Crippen molar-refractivity contribution in [1.82, 2.24) is 14.5 Å². The van der Waals surface area contributed by atoms with Crippen LogP contribution in [0.1, 0.15) is 42.6 Å². The highest BCUT2D eigenvalue weighted by Gasteiger charge is 2.34. The van der Waals surface area contributed by atoms with Gasteiger partial charge in [0, 0.05) is 31.9 Å². The van der Waals surface area contributed by atoms with E-state index in [1.807, 2.05) is 34.7 Å². The lowest BCUT2D eigenvalue weighted by molar-refractivity contribution is -0.136. The topological polar surface area (TPSA) is 67.6 Å². The van der Waals surface area contributed by atoms with Crippen LogP contribution in [0.2, 0.25) is 0 Å². The molecule has 6 heteroatoms. The van der Waals surface area contributed by atoms with Crippen LogP contribution < -0.4 is 4.74 Å². The fourth-order valence-electron chi connectivity index (χ4n) is 3.88. The van der Waals surface area contributed by atoms with Gasteiger partial charge < -0.3 is 19.3 Å². The Hall–Kier alpha value is -2.34. The number of carbonyl (C=O) groups excluding carboxylic acids is 1. The third kappa shape index (κ3) is 4.93. The number of benzene rings is 1. The summed E-state index contributed by atoms with van der Waals surface area (Å²) in [5.74, 6) is 1.96. The van der Waals surface area contributed by atoms with Crippen LogP contribution in [0.15, 0.2) is 30.6 Å². The number of aromatic nitrogens is 2. The van der Waals surface area contributed by atoms with Gasteiger partial charge in [-0.25, -0.2) is 4.98 Å². The number of carbonyl (C=O) groups is 1. The molecule has 1 fully saturated rings. The van der Waals surface area contributed by atoms with Gasteiger partial charge in [-0.3, -0.25) is 4.79 Å². The Morgan fingerprint density at radius 3 is 2.64 bits per heavy atom. The Bertz CT molecular complexity index is 807. The molecule has 1 N–H and O–H groups in total. The van der Waals surface area contributed by atoms with Crippen LogP contribution in [0.25, 0.3) is 0 Å². The standard InChI is InChI=1S/C22H31N3O3/c1-17-15-20(28-3)8-7-19(17)5-4-6-21(26)24-12-9-22(27,10-13-24)16-25-14-11-23-18(25)2/h7-8,11,14-15,27H,4-6,9-10,12-13,16H2,1-3H3. The third-order valence-corrected chi connectivity index (χ3v) is 5.82. The summed E-state index contributed by atoms with van der Waals surface area (Å²) in [5, 5.41) is 10.9. The molecule has 1 aliphatic rings. The van der Waals surface area contributed by atoms with Gasteiger partial charge in [0.15, 0.2) is 0 Å². The molecule has 1 aliphatic heterocycles. The van der Waals surface area contributed by atoms with Crippen LogP contribution in [-0.2, 0) is 17.8 Å². The lowest BCUT2D eigenvalue weighted by Gasteiger charge is -2.38. The Morgan fingerprint density at radius 1 is 1.29 bits per heavy atom. The van der Waals surface area contributed by atoms with Crippen molar-refractivity contribution in [1.29, 1.82) is 0 Å². The maximum atomic E-state index is 12.6. The summed E-state index contributed by atoms with van der Waals surface area (Å²) in [6.45, 7) is 5.78. The molecule has 0 bridgehead atoms. The summed E-state index contributed by atoms with van der Waals surface area (Å²) in [4.78, 5) is 18.7. The minimum absolute atomic E-state index is 0.187. The quantitative estimate of drug-likeness (QED) is 0.796. The fraction of sp³-hybridized carbons (Fsp3) is 0.545. The number of aryl methyl sites for hydroxylation is 3. The molecule has 1 aromatic heterocycles. The zero-order valence-corrected chi connectivity index (χ0v) is 17.1. The number of hydrogen-bond acceptors (Lipinski definition) is 4. The van der Waals surface area contributed by atoms with E-state index in [1.165, 1.54) is 11.1 Å². The molecular formula is C22H31N3O3. The molecule has 2 aromatic rings. The van der Waals surface area contributed by atoms with Gasteiger partial charge >= 0.3 is 0 Å². The number of methoxy groups -OCH3 is 1. The van der Waals surface area contributed by atoms with Gasteiger partial charge in [0.05, 0.1) is 19.3 Å². The largest absolute Gasteiger partial charge is 0.497 e. The second kappa shape index (κ2) is 8.78. The van der Waals surface area contributed by atoms with Gasteiger partial charge in [-0.15, -0.1) is 0 Å². The van der Waals surface area contributed by atoms with Gasteiger partial charge in [-0.1, -0.05) is 6.07 Å².